The maximum Gasteiger partial charge on any atom is 0.290 e. The predicted molar refractivity (Wildman–Crippen MR) is 123 cm³/mol. The summed E-state index contributed by atoms with van der Waals surface area (Å²) < 4.78 is 12.0. The van der Waals surface area contributed by atoms with Gasteiger partial charge < -0.3 is 24.1 Å². The Bertz CT molecular complexity index is 1230. The second kappa shape index (κ2) is 8.67. The number of rotatable bonds is 5. The van der Waals surface area contributed by atoms with Crippen LogP contribution < -0.4 is 9.64 Å². The predicted octanol–water partition coefficient (Wildman–Crippen LogP) is 4.68. The molecular weight excluding hydrogens is 404 g/mol. The molecule has 1 aliphatic heterocycles. The molecule has 1 aliphatic rings. The third-order valence-corrected chi connectivity index (χ3v) is 5.78. The molecule has 5 rings (SSSR count). The van der Waals surface area contributed by atoms with Crippen molar-refractivity contribution < 1.29 is 19.1 Å². The van der Waals surface area contributed by atoms with Gasteiger partial charge in [0.25, 0.3) is 5.91 Å². The van der Waals surface area contributed by atoms with Crippen LogP contribution in [0.4, 0.5) is 5.69 Å². The lowest BCUT2D eigenvalue weighted by Crippen LogP contribution is -2.48. The summed E-state index contributed by atoms with van der Waals surface area (Å²) >= 11 is 0. The minimum Gasteiger partial charge on any atom is -0.508 e. The molecule has 0 saturated carbocycles. The number of anilines is 1. The van der Waals surface area contributed by atoms with E-state index in [9.17, 15) is 9.90 Å². The number of para-hydroxylation sites is 2. The van der Waals surface area contributed by atoms with Crippen LogP contribution in [0.2, 0.25) is 0 Å². The molecule has 1 saturated heterocycles. The molecular formula is C26H24N2O4. The first-order valence-electron chi connectivity index (χ1n) is 10.7. The fourth-order valence-electron chi connectivity index (χ4n) is 4.09. The van der Waals surface area contributed by atoms with E-state index in [0.717, 1.165) is 22.4 Å². The molecule has 32 heavy (non-hydrogen) atoms. The van der Waals surface area contributed by atoms with Crippen molar-refractivity contribution >= 4 is 22.6 Å². The molecule has 2 heterocycles. The number of carbonyl (C=O) groups is 1. The molecule has 3 aromatic carbocycles. The van der Waals surface area contributed by atoms with Gasteiger partial charge in [0.15, 0.2) is 5.76 Å². The average molecular weight is 428 g/mol. The lowest BCUT2D eigenvalue weighted by molar-refractivity contribution is 0.0713. The van der Waals surface area contributed by atoms with E-state index in [0.29, 0.717) is 37.5 Å². The minimum absolute atomic E-state index is 0.122. The van der Waals surface area contributed by atoms with E-state index in [4.69, 9.17) is 9.15 Å². The number of piperazine rings is 1. The fourth-order valence-corrected chi connectivity index (χ4v) is 4.09. The van der Waals surface area contributed by atoms with Gasteiger partial charge in [-0.05, 0) is 30.3 Å². The number of hydrogen-bond donors (Lipinski definition) is 1. The van der Waals surface area contributed by atoms with Crippen molar-refractivity contribution in [1.29, 1.82) is 0 Å². The number of nitrogens with zero attached hydrogens (tertiary/aromatic N) is 2. The van der Waals surface area contributed by atoms with Crippen molar-refractivity contribution in [3.8, 4) is 11.5 Å². The summed E-state index contributed by atoms with van der Waals surface area (Å²) in [7, 11) is 0. The largest absolute Gasteiger partial charge is 0.508 e. The van der Waals surface area contributed by atoms with Gasteiger partial charge in [-0.25, -0.2) is 0 Å². The van der Waals surface area contributed by atoms with Gasteiger partial charge in [-0.2, -0.15) is 0 Å². The van der Waals surface area contributed by atoms with Gasteiger partial charge in [0.1, 0.15) is 23.7 Å². The van der Waals surface area contributed by atoms with Crippen molar-refractivity contribution in [2.45, 2.75) is 6.61 Å². The molecule has 0 unspecified atom stereocenters. The van der Waals surface area contributed by atoms with Crippen LogP contribution in [-0.2, 0) is 6.61 Å². The first-order valence-corrected chi connectivity index (χ1v) is 10.7. The van der Waals surface area contributed by atoms with Gasteiger partial charge in [0.2, 0.25) is 0 Å². The van der Waals surface area contributed by atoms with E-state index >= 15 is 0 Å². The maximum absolute atomic E-state index is 13.4. The molecule has 0 atom stereocenters. The molecule has 0 radical (unpaired) electrons. The highest BCUT2D eigenvalue weighted by atomic mass is 16.5. The maximum atomic E-state index is 13.4. The lowest BCUT2D eigenvalue weighted by Gasteiger charge is -2.35. The Labute approximate surface area is 186 Å². The second-order valence-electron chi connectivity index (χ2n) is 7.81. The molecule has 4 aromatic rings. The number of furan rings is 1. The Morgan fingerprint density at radius 2 is 1.66 bits per heavy atom. The molecule has 162 valence electrons. The highest BCUT2D eigenvalue weighted by Crippen LogP contribution is 2.29. The highest BCUT2D eigenvalue weighted by Gasteiger charge is 2.28. The fraction of sp³-hybridized carbons (Fsp3) is 0.192. The Hall–Kier alpha value is -3.93. The van der Waals surface area contributed by atoms with Crippen LogP contribution in [0.5, 0.6) is 11.5 Å². The zero-order valence-electron chi connectivity index (χ0n) is 17.6. The van der Waals surface area contributed by atoms with E-state index in [2.05, 4.69) is 4.90 Å². The average Bonchev–Trinajstić information content (AvgIpc) is 3.21. The Balaban J connectivity index is 1.35. The van der Waals surface area contributed by atoms with Gasteiger partial charge in [-0.15, -0.1) is 0 Å². The summed E-state index contributed by atoms with van der Waals surface area (Å²) in [6.07, 6.45) is 0. The number of ether oxygens (including phenoxy) is 1. The van der Waals surface area contributed by atoms with Crippen molar-refractivity contribution in [3.63, 3.8) is 0 Å². The molecule has 0 spiro atoms. The van der Waals surface area contributed by atoms with E-state index in [-0.39, 0.29) is 18.3 Å². The number of phenolic OH excluding ortho intramolecular Hbond substituents is 1. The van der Waals surface area contributed by atoms with Crippen LogP contribution in [0.1, 0.15) is 16.1 Å². The van der Waals surface area contributed by atoms with Gasteiger partial charge in [-0.3, -0.25) is 4.79 Å². The number of phenols is 1. The summed E-state index contributed by atoms with van der Waals surface area (Å²) in [5.74, 6) is 1.21. The Morgan fingerprint density at radius 3 is 2.44 bits per heavy atom. The number of aromatic hydroxyl groups is 1. The van der Waals surface area contributed by atoms with Gasteiger partial charge in [0.05, 0.1) is 0 Å². The Kier molecular flexibility index (Phi) is 5.42. The van der Waals surface area contributed by atoms with Gasteiger partial charge in [-0.1, -0.05) is 42.5 Å². The molecule has 0 aliphatic carbocycles. The van der Waals surface area contributed by atoms with E-state index in [1.165, 1.54) is 0 Å². The van der Waals surface area contributed by atoms with Crippen molar-refractivity contribution in [1.82, 2.24) is 4.90 Å². The van der Waals surface area contributed by atoms with Gasteiger partial charge >= 0.3 is 0 Å². The first kappa shape index (κ1) is 20.0. The molecule has 0 bridgehead atoms. The van der Waals surface area contributed by atoms with E-state index in [1.807, 2.05) is 71.6 Å². The van der Waals surface area contributed by atoms with Crippen molar-refractivity contribution in [3.05, 3.63) is 90.2 Å². The third-order valence-electron chi connectivity index (χ3n) is 5.78. The molecule has 6 heteroatoms. The van der Waals surface area contributed by atoms with Crippen LogP contribution in [0.25, 0.3) is 11.0 Å². The number of amides is 1. The summed E-state index contributed by atoms with van der Waals surface area (Å²) in [4.78, 5) is 17.4. The molecule has 1 fully saturated rings. The van der Waals surface area contributed by atoms with E-state index in [1.54, 1.807) is 12.1 Å². The number of fused-ring (bicyclic) bond motifs is 1. The quantitative estimate of drug-likeness (QED) is 0.500. The topological polar surface area (TPSA) is 66.2 Å². The molecule has 1 N–H and O–H groups in total. The van der Waals surface area contributed by atoms with Crippen LogP contribution >= 0.6 is 0 Å². The molecule has 1 aromatic heterocycles. The van der Waals surface area contributed by atoms with Crippen molar-refractivity contribution in [2.24, 2.45) is 0 Å². The van der Waals surface area contributed by atoms with Crippen LogP contribution in [0.15, 0.2) is 83.3 Å². The summed E-state index contributed by atoms with van der Waals surface area (Å²) in [5.41, 5.74) is 2.41. The van der Waals surface area contributed by atoms with Crippen LogP contribution in [0, 0.1) is 0 Å². The van der Waals surface area contributed by atoms with E-state index < -0.39 is 0 Å². The zero-order chi connectivity index (χ0) is 21.9. The molecule has 1 amide bonds. The normalized spacial score (nSPS) is 14.0. The number of hydrogen-bond acceptors (Lipinski definition) is 5. The van der Waals surface area contributed by atoms with Crippen molar-refractivity contribution in [2.75, 3.05) is 31.1 Å². The Morgan fingerprint density at radius 1 is 0.906 bits per heavy atom. The monoisotopic (exact) mass is 428 g/mol. The minimum atomic E-state index is -0.122. The standard InChI is InChI=1S/C26H24N2O4/c29-20-8-6-7-19(17-20)27-13-15-28(16-14-27)26(30)25-23(18-31-21-9-2-1-3-10-21)22-11-4-5-12-24(22)32-25/h1-12,17,29H,13-16,18H2. The number of carbonyl (C=O) groups excluding carboxylic acids is 1. The first-order chi connectivity index (χ1) is 15.7. The summed E-state index contributed by atoms with van der Waals surface area (Å²) in [5, 5.41) is 10.6. The zero-order valence-corrected chi connectivity index (χ0v) is 17.6. The summed E-state index contributed by atoms with van der Waals surface area (Å²) in [6, 6.07) is 24.4. The van der Waals surface area contributed by atoms with Gasteiger partial charge in [0, 0.05) is 48.9 Å². The van der Waals surface area contributed by atoms with Crippen LogP contribution in [-0.4, -0.2) is 42.1 Å². The highest BCUT2D eigenvalue weighted by molar-refractivity contribution is 5.99. The summed E-state index contributed by atoms with van der Waals surface area (Å²) in [6.45, 7) is 2.77. The SMILES string of the molecule is O=C(c1oc2ccccc2c1COc1ccccc1)N1CCN(c2cccc(O)c2)CC1. The smallest absolute Gasteiger partial charge is 0.290 e. The number of benzene rings is 3. The third kappa shape index (κ3) is 3.99. The second-order valence-corrected chi connectivity index (χ2v) is 7.81. The molecule has 6 nitrogen and oxygen atoms in total. The van der Waals surface area contributed by atoms with Crippen LogP contribution in [0.3, 0.4) is 0 Å². The lowest BCUT2D eigenvalue weighted by atomic mass is 10.1.